The van der Waals surface area contributed by atoms with Gasteiger partial charge in [0, 0.05) is 13.2 Å². The molecule has 2 nitrogen and oxygen atoms in total. The Kier molecular flexibility index (Phi) is 4.72. The summed E-state index contributed by atoms with van der Waals surface area (Å²) < 4.78 is 5.09. The molecule has 100 valence electrons. The Bertz CT molecular complexity index is 517. The van der Waals surface area contributed by atoms with Crippen molar-refractivity contribution in [3.8, 4) is 11.1 Å². The van der Waals surface area contributed by atoms with Crippen LogP contribution in [-0.2, 0) is 11.2 Å². The molecule has 0 saturated carbocycles. The van der Waals surface area contributed by atoms with Gasteiger partial charge in [0.1, 0.15) is 0 Å². The number of hydrogen-bond donors (Lipinski definition) is 1. The highest BCUT2D eigenvalue weighted by molar-refractivity contribution is 5.68. The third kappa shape index (κ3) is 3.43. The zero-order chi connectivity index (χ0) is 13.7. The lowest BCUT2D eigenvalue weighted by Crippen LogP contribution is -2.06. The van der Waals surface area contributed by atoms with Gasteiger partial charge in [-0.3, -0.25) is 0 Å². The van der Waals surface area contributed by atoms with Crippen molar-refractivity contribution >= 4 is 0 Å². The molecule has 1 atom stereocenters. The highest BCUT2D eigenvalue weighted by Crippen LogP contribution is 2.27. The molecule has 0 fully saturated rings. The molecule has 0 spiro atoms. The molecule has 0 aromatic heterocycles. The average molecular weight is 255 g/mol. The molecule has 0 heterocycles. The molecule has 0 aliphatic heterocycles. The molecular weight excluding hydrogens is 234 g/mol. The number of ether oxygens (including phenoxy) is 1. The van der Waals surface area contributed by atoms with Gasteiger partial charge < -0.3 is 10.5 Å². The predicted octanol–water partition coefficient (Wildman–Crippen LogP) is 3.56. The molecule has 0 aliphatic rings. The Morgan fingerprint density at radius 1 is 1.05 bits per heavy atom. The van der Waals surface area contributed by atoms with Crippen LogP contribution in [0.1, 0.15) is 24.1 Å². The van der Waals surface area contributed by atoms with Crippen LogP contribution in [0.3, 0.4) is 0 Å². The summed E-state index contributed by atoms with van der Waals surface area (Å²) in [6.45, 7) is 2.78. The Labute approximate surface area is 115 Å². The van der Waals surface area contributed by atoms with Crippen LogP contribution in [0.5, 0.6) is 0 Å². The van der Waals surface area contributed by atoms with Gasteiger partial charge in [0.2, 0.25) is 0 Å². The van der Waals surface area contributed by atoms with E-state index in [1.54, 1.807) is 7.11 Å². The maximum Gasteiger partial charge on any atom is 0.0502 e. The summed E-state index contributed by atoms with van der Waals surface area (Å²) in [4.78, 5) is 0. The second-order valence-electron chi connectivity index (χ2n) is 4.82. The van der Waals surface area contributed by atoms with Gasteiger partial charge in [-0.05, 0) is 35.6 Å². The summed E-state index contributed by atoms with van der Waals surface area (Å²) in [5.41, 5.74) is 10.9. The number of nitrogens with two attached hydrogens (primary N) is 1. The molecule has 0 bridgehead atoms. The van der Waals surface area contributed by atoms with Gasteiger partial charge >= 0.3 is 0 Å². The third-order valence-corrected chi connectivity index (χ3v) is 3.31. The molecule has 1 unspecified atom stereocenters. The first kappa shape index (κ1) is 13.8. The quantitative estimate of drug-likeness (QED) is 0.886. The first-order chi connectivity index (χ1) is 9.22. The van der Waals surface area contributed by atoms with E-state index in [1.165, 1.54) is 22.3 Å². The standard InChI is InChI=1S/C17H21NO/c1-13(18)16-5-3-4-6-17(16)15-9-7-14(8-10-15)11-12-19-2/h3-10,13H,11-12,18H2,1-2H3. The van der Waals surface area contributed by atoms with Crippen LogP contribution in [0.2, 0.25) is 0 Å². The van der Waals surface area contributed by atoms with E-state index >= 15 is 0 Å². The van der Waals surface area contributed by atoms with Crippen LogP contribution in [0, 0.1) is 0 Å². The zero-order valence-electron chi connectivity index (χ0n) is 11.6. The van der Waals surface area contributed by atoms with E-state index in [9.17, 15) is 0 Å². The largest absolute Gasteiger partial charge is 0.384 e. The van der Waals surface area contributed by atoms with Gasteiger partial charge in [0.05, 0.1) is 6.61 Å². The van der Waals surface area contributed by atoms with Gasteiger partial charge in [-0.2, -0.15) is 0 Å². The maximum absolute atomic E-state index is 6.03. The first-order valence-electron chi connectivity index (χ1n) is 6.65. The number of hydrogen-bond acceptors (Lipinski definition) is 2. The minimum atomic E-state index is 0.0457. The molecule has 0 aliphatic carbocycles. The number of methoxy groups -OCH3 is 1. The minimum absolute atomic E-state index is 0.0457. The summed E-state index contributed by atoms with van der Waals surface area (Å²) in [5.74, 6) is 0. The van der Waals surface area contributed by atoms with Gasteiger partial charge in [-0.25, -0.2) is 0 Å². The molecule has 2 rings (SSSR count). The predicted molar refractivity (Wildman–Crippen MR) is 80.1 cm³/mol. The van der Waals surface area contributed by atoms with Crippen LogP contribution < -0.4 is 5.73 Å². The van der Waals surface area contributed by atoms with Gasteiger partial charge in [-0.15, -0.1) is 0 Å². The number of rotatable bonds is 5. The molecule has 0 amide bonds. The van der Waals surface area contributed by atoms with Gasteiger partial charge in [-0.1, -0.05) is 48.5 Å². The second-order valence-corrected chi connectivity index (χ2v) is 4.82. The maximum atomic E-state index is 6.03. The fraction of sp³-hybridized carbons (Fsp3) is 0.294. The van der Waals surface area contributed by atoms with Crippen molar-refractivity contribution in [2.75, 3.05) is 13.7 Å². The van der Waals surface area contributed by atoms with Crippen LogP contribution in [0.25, 0.3) is 11.1 Å². The van der Waals surface area contributed by atoms with Crippen molar-refractivity contribution in [3.63, 3.8) is 0 Å². The van der Waals surface area contributed by atoms with E-state index < -0.39 is 0 Å². The molecule has 0 radical (unpaired) electrons. The summed E-state index contributed by atoms with van der Waals surface area (Å²) in [7, 11) is 1.73. The smallest absolute Gasteiger partial charge is 0.0502 e. The van der Waals surface area contributed by atoms with Crippen LogP contribution in [-0.4, -0.2) is 13.7 Å². The van der Waals surface area contributed by atoms with Gasteiger partial charge in [0.15, 0.2) is 0 Å². The summed E-state index contributed by atoms with van der Waals surface area (Å²) in [5, 5.41) is 0. The summed E-state index contributed by atoms with van der Waals surface area (Å²) in [6, 6.07) is 17.0. The highest BCUT2D eigenvalue weighted by atomic mass is 16.5. The van der Waals surface area contributed by atoms with E-state index in [4.69, 9.17) is 10.5 Å². The molecule has 2 N–H and O–H groups in total. The van der Waals surface area contributed by atoms with E-state index in [-0.39, 0.29) is 6.04 Å². The Morgan fingerprint density at radius 2 is 1.74 bits per heavy atom. The average Bonchev–Trinajstić information content (AvgIpc) is 2.45. The lowest BCUT2D eigenvalue weighted by Gasteiger charge is -2.13. The highest BCUT2D eigenvalue weighted by Gasteiger charge is 2.07. The second kappa shape index (κ2) is 6.50. The Balaban J connectivity index is 2.27. The topological polar surface area (TPSA) is 35.2 Å². The fourth-order valence-corrected chi connectivity index (χ4v) is 2.23. The number of benzene rings is 2. The van der Waals surface area contributed by atoms with Crippen LogP contribution in [0.15, 0.2) is 48.5 Å². The van der Waals surface area contributed by atoms with E-state index in [0.717, 1.165) is 13.0 Å². The summed E-state index contributed by atoms with van der Waals surface area (Å²) >= 11 is 0. The summed E-state index contributed by atoms with van der Waals surface area (Å²) in [6.07, 6.45) is 0.950. The Morgan fingerprint density at radius 3 is 2.37 bits per heavy atom. The minimum Gasteiger partial charge on any atom is -0.384 e. The van der Waals surface area contributed by atoms with Crippen molar-refractivity contribution in [1.82, 2.24) is 0 Å². The van der Waals surface area contributed by atoms with Crippen LogP contribution in [0.4, 0.5) is 0 Å². The monoisotopic (exact) mass is 255 g/mol. The molecule has 19 heavy (non-hydrogen) atoms. The van der Waals surface area contributed by atoms with Crippen LogP contribution >= 0.6 is 0 Å². The lowest BCUT2D eigenvalue weighted by atomic mass is 9.95. The fourth-order valence-electron chi connectivity index (χ4n) is 2.23. The SMILES string of the molecule is COCCc1ccc(-c2ccccc2C(C)N)cc1. The zero-order valence-corrected chi connectivity index (χ0v) is 11.6. The van der Waals surface area contributed by atoms with E-state index in [0.29, 0.717) is 0 Å². The van der Waals surface area contributed by atoms with E-state index in [1.807, 2.05) is 13.0 Å². The van der Waals surface area contributed by atoms with Crippen molar-refractivity contribution in [3.05, 3.63) is 59.7 Å². The molecular formula is C17H21NO. The first-order valence-corrected chi connectivity index (χ1v) is 6.65. The lowest BCUT2D eigenvalue weighted by molar-refractivity contribution is 0.202. The Hall–Kier alpha value is -1.64. The molecule has 0 saturated heterocycles. The molecule has 2 aromatic carbocycles. The van der Waals surface area contributed by atoms with Gasteiger partial charge in [0.25, 0.3) is 0 Å². The normalized spacial score (nSPS) is 12.4. The molecule has 2 heteroatoms. The van der Waals surface area contributed by atoms with Crippen molar-refractivity contribution < 1.29 is 4.74 Å². The molecule has 2 aromatic rings. The van der Waals surface area contributed by atoms with E-state index in [2.05, 4.69) is 42.5 Å². The van der Waals surface area contributed by atoms with Crippen molar-refractivity contribution in [2.24, 2.45) is 5.73 Å². The third-order valence-electron chi connectivity index (χ3n) is 3.31. The van der Waals surface area contributed by atoms with Crippen molar-refractivity contribution in [1.29, 1.82) is 0 Å². The van der Waals surface area contributed by atoms with Crippen molar-refractivity contribution in [2.45, 2.75) is 19.4 Å².